The zero-order valence-electron chi connectivity index (χ0n) is 14.8. The van der Waals surface area contributed by atoms with Gasteiger partial charge in [0.15, 0.2) is 0 Å². The SMILES string of the molecule is CN(CCc1ccncc1)c1ncc(C(=O)Nc2cccc(C#N)c2)cn1. The van der Waals surface area contributed by atoms with E-state index in [2.05, 4.69) is 20.3 Å². The molecule has 0 radical (unpaired) electrons. The molecule has 3 rings (SSSR count). The highest BCUT2D eigenvalue weighted by Crippen LogP contribution is 2.12. The van der Waals surface area contributed by atoms with Gasteiger partial charge in [-0.2, -0.15) is 5.26 Å². The molecule has 2 heterocycles. The minimum Gasteiger partial charge on any atom is -0.344 e. The molecular formula is C20H18N6O. The van der Waals surface area contributed by atoms with Gasteiger partial charge in [0.25, 0.3) is 5.91 Å². The lowest BCUT2D eigenvalue weighted by Crippen LogP contribution is -2.23. The molecule has 7 nitrogen and oxygen atoms in total. The Morgan fingerprint density at radius 2 is 1.93 bits per heavy atom. The summed E-state index contributed by atoms with van der Waals surface area (Å²) in [6, 6.07) is 12.7. The lowest BCUT2D eigenvalue weighted by Gasteiger charge is -2.16. The number of pyridine rings is 1. The highest BCUT2D eigenvalue weighted by Gasteiger charge is 2.10. The van der Waals surface area contributed by atoms with E-state index in [1.807, 2.05) is 30.1 Å². The number of benzene rings is 1. The maximum absolute atomic E-state index is 12.3. The highest BCUT2D eigenvalue weighted by atomic mass is 16.1. The zero-order chi connectivity index (χ0) is 19.1. The third kappa shape index (κ3) is 4.86. The van der Waals surface area contributed by atoms with Crippen molar-refractivity contribution < 1.29 is 4.79 Å². The second kappa shape index (κ2) is 8.54. The lowest BCUT2D eigenvalue weighted by molar-refractivity contribution is 0.102. The fourth-order valence-corrected chi connectivity index (χ4v) is 2.45. The number of hydrogen-bond acceptors (Lipinski definition) is 6. The van der Waals surface area contributed by atoms with E-state index in [0.29, 0.717) is 22.8 Å². The zero-order valence-corrected chi connectivity index (χ0v) is 14.8. The van der Waals surface area contributed by atoms with Gasteiger partial charge in [0.1, 0.15) is 0 Å². The summed E-state index contributed by atoms with van der Waals surface area (Å²) >= 11 is 0. The van der Waals surface area contributed by atoms with E-state index in [0.717, 1.165) is 13.0 Å². The Bertz CT molecular complexity index is 950. The summed E-state index contributed by atoms with van der Waals surface area (Å²) in [5, 5.41) is 11.7. The van der Waals surface area contributed by atoms with Gasteiger partial charge in [-0.25, -0.2) is 9.97 Å². The van der Waals surface area contributed by atoms with Crippen LogP contribution < -0.4 is 10.2 Å². The van der Waals surface area contributed by atoms with Crippen LogP contribution in [0.25, 0.3) is 0 Å². The van der Waals surface area contributed by atoms with Gasteiger partial charge in [0.05, 0.1) is 17.2 Å². The molecule has 0 aliphatic rings. The van der Waals surface area contributed by atoms with Gasteiger partial charge < -0.3 is 10.2 Å². The number of hydrogen-bond donors (Lipinski definition) is 1. The maximum atomic E-state index is 12.3. The maximum Gasteiger partial charge on any atom is 0.258 e. The minimum atomic E-state index is -0.323. The Balaban J connectivity index is 1.60. The molecule has 134 valence electrons. The van der Waals surface area contributed by atoms with E-state index in [4.69, 9.17) is 5.26 Å². The molecule has 0 spiro atoms. The van der Waals surface area contributed by atoms with E-state index in [1.54, 1.807) is 36.7 Å². The molecule has 0 atom stereocenters. The van der Waals surface area contributed by atoms with Crippen molar-refractivity contribution in [2.45, 2.75) is 6.42 Å². The number of nitrogens with one attached hydrogen (secondary N) is 1. The normalized spacial score (nSPS) is 10.1. The Hall–Kier alpha value is -3.79. The summed E-state index contributed by atoms with van der Waals surface area (Å²) in [6.45, 7) is 0.747. The highest BCUT2D eigenvalue weighted by molar-refractivity contribution is 6.03. The molecule has 1 aromatic carbocycles. The number of nitriles is 1. The fraction of sp³-hybridized carbons (Fsp3) is 0.150. The molecule has 0 saturated heterocycles. The average Bonchev–Trinajstić information content (AvgIpc) is 2.73. The number of nitrogens with zero attached hydrogens (tertiary/aromatic N) is 5. The van der Waals surface area contributed by atoms with Crippen molar-refractivity contribution in [2.24, 2.45) is 0 Å². The van der Waals surface area contributed by atoms with Crippen LogP contribution in [0.2, 0.25) is 0 Å². The molecule has 0 aliphatic heterocycles. The third-order valence-corrected chi connectivity index (χ3v) is 3.98. The molecule has 0 aliphatic carbocycles. The van der Waals surface area contributed by atoms with Gasteiger partial charge in [-0.15, -0.1) is 0 Å². The first-order valence-electron chi connectivity index (χ1n) is 8.39. The Morgan fingerprint density at radius 1 is 1.19 bits per heavy atom. The number of anilines is 2. The number of rotatable bonds is 6. The van der Waals surface area contributed by atoms with E-state index in [1.165, 1.54) is 18.0 Å². The standard InChI is InChI=1S/C20H18N6O/c1-26(10-7-15-5-8-22-9-6-15)20-23-13-17(14-24-20)19(27)25-18-4-2-3-16(11-18)12-21/h2-6,8-9,11,13-14H,7,10H2,1H3,(H,25,27). The van der Waals surface area contributed by atoms with Crippen LogP contribution in [0.3, 0.4) is 0 Å². The number of carbonyl (C=O) groups is 1. The number of carbonyl (C=O) groups excluding carboxylic acids is 1. The molecular weight excluding hydrogens is 340 g/mol. The first-order chi connectivity index (χ1) is 13.2. The van der Waals surface area contributed by atoms with Crippen LogP contribution in [0.4, 0.5) is 11.6 Å². The van der Waals surface area contributed by atoms with E-state index in [-0.39, 0.29) is 5.91 Å². The predicted octanol–water partition coefficient (Wildman–Crippen LogP) is 2.67. The molecule has 7 heteroatoms. The van der Waals surface area contributed by atoms with Crippen molar-refractivity contribution in [1.29, 1.82) is 5.26 Å². The summed E-state index contributed by atoms with van der Waals surface area (Å²) < 4.78 is 0. The van der Waals surface area contributed by atoms with Crippen LogP contribution in [-0.2, 0) is 6.42 Å². The van der Waals surface area contributed by atoms with Crippen LogP contribution in [0.1, 0.15) is 21.5 Å². The summed E-state index contributed by atoms with van der Waals surface area (Å²) in [4.78, 5) is 26.8. The monoisotopic (exact) mass is 358 g/mol. The van der Waals surface area contributed by atoms with Crippen molar-refractivity contribution in [3.8, 4) is 6.07 Å². The Morgan fingerprint density at radius 3 is 2.63 bits per heavy atom. The Kier molecular flexibility index (Phi) is 5.70. The molecule has 27 heavy (non-hydrogen) atoms. The van der Waals surface area contributed by atoms with Gasteiger partial charge in [-0.05, 0) is 42.3 Å². The smallest absolute Gasteiger partial charge is 0.258 e. The topological polar surface area (TPSA) is 94.8 Å². The Labute approximate surface area is 157 Å². The largest absolute Gasteiger partial charge is 0.344 e. The minimum absolute atomic E-state index is 0.323. The van der Waals surface area contributed by atoms with Crippen molar-refractivity contribution in [3.05, 3.63) is 77.9 Å². The lowest BCUT2D eigenvalue weighted by atomic mass is 10.2. The van der Waals surface area contributed by atoms with E-state index >= 15 is 0 Å². The molecule has 0 fully saturated rings. The predicted molar refractivity (Wildman–Crippen MR) is 102 cm³/mol. The van der Waals surface area contributed by atoms with Crippen molar-refractivity contribution in [1.82, 2.24) is 15.0 Å². The second-order valence-electron chi connectivity index (χ2n) is 5.95. The summed E-state index contributed by atoms with van der Waals surface area (Å²) in [7, 11) is 1.91. The molecule has 2 aromatic heterocycles. The van der Waals surface area contributed by atoms with Crippen LogP contribution in [0.15, 0.2) is 61.2 Å². The van der Waals surface area contributed by atoms with Crippen LogP contribution in [-0.4, -0.2) is 34.5 Å². The summed E-state index contributed by atoms with van der Waals surface area (Å²) in [5.41, 5.74) is 2.57. The quantitative estimate of drug-likeness (QED) is 0.728. The summed E-state index contributed by atoms with van der Waals surface area (Å²) in [6.07, 6.45) is 7.38. The average molecular weight is 358 g/mol. The van der Waals surface area contributed by atoms with Gasteiger partial charge in [0.2, 0.25) is 5.95 Å². The third-order valence-electron chi connectivity index (χ3n) is 3.98. The molecule has 0 saturated carbocycles. The van der Waals surface area contributed by atoms with Crippen molar-refractivity contribution >= 4 is 17.5 Å². The number of aromatic nitrogens is 3. The van der Waals surface area contributed by atoms with Crippen molar-refractivity contribution in [2.75, 3.05) is 23.8 Å². The molecule has 1 amide bonds. The second-order valence-corrected chi connectivity index (χ2v) is 5.95. The van der Waals surface area contributed by atoms with E-state index < -0.39 is 0 Å². The van der Waals surface area contributed by atoms with Gasteiger partial charge >= 0.3 is 0 Å². The van der Waals surface area contributed by atoms with Gasteiger partial charge in [-0.3, -0.25) is 9.78 Å². The van der Waals surface area contributed by atoms with Crippen LogP contribution >= 0.6 is 0 Å². The van der Waals surface area contributed by atoms with Crippen LogP contribution in [0.5, 0.6) is 0 Å². The molecule has 0 unspecified atom stereocenters. The fourth-order valence-electron chi connectivity index (χ4n) is 2.45. The summed E-state index contributed by atoms with van der Waals surface area (Å²) in [5.74, 6) is 0.225. The first kappa shape index (κ1) is 18.0. The van der Waals surface area contributed by atoms with Crippen LogP contribution in [0, 0.1) is 11.3 Å². The van der Waals surface area contributed by atoms with E-state index in [9.17, 15) is 4.79 Å². The van der Waals surface area contributed by atoms with Gasteiger partial charge in [0, 0.05) is 44.1 Å². The number of amides is 1. The molecule has 1 N–H and O–H groups in total. The molecule has 3 aromatic rings. The first-order valence-corrected chi connectivity index (χ1v) is 8.39. The number of likely N-dealkylation sites (N-methyl/N-ethyl adjacent to an activating group) is 1. The molecule has 0 bridgehead atoms. The van der Waals surface area contributed by atoms with Crippen molar-refractivity contribution in [3.63, 3.8) is 0 Å². The van der Waals surface area contributed by atoms with Gasteiger partial charge in [-0.1, -0.05) is 6.07 Å².